The molecule has 0 atom stereocenters. The molecular weight excluding hydrogens is 278 g/mol. The molecule has 2 aromatic carbocycles. The second kappa shape index (κ2) is 4.80. The molecule has 0 saturated carbocycles. The topological polar surface area (TPSA) is 69.4 Å². The minimum Gasteiger partial charge on any atom is -0.454 e. The van der Waals surface area contributed by atoms with E-state index < -0.39 is 0 Å². The molecular formula is C17H15N3O2. The lowest BCUT2D eigenvalue weighted by atomic mass is 10.1. The molecule has 0 bridgehead atoms. The van der Waals surface area contributed by atoms with Crippen molar-refractivity contribution in [2.24, 2.45) is 0 Å². The molecule has 4 rings (SSSR count). The summed E-state index contributed by atoms with van der Waals surface area (Å²) in [5.74, 6) is 2.28. The fourth-order valence-electron chi connectivity index (χ4n) is 2.70. The van der Waals surface area contributed by atoms with Crippen molar-refractivity contribution in [2.75, 3.05) is 17.8 Å². The van der Waals surface area contributed by atoms with Crippen LogP contribution < -0.4 is 20.5 Å². The third kappa shape index (κ3) is 1.98. The van der Waals surface area contributed by atoms with E-state index >= 15 is 0 Å². The van der Waals surface area contributed by atoms with Gasteiger partial charge in [0.2, 0.25) is 6.79 Å². The van der Waals surface area contributed by atoms with Crippen LogP contribution in [0.25, 0.3) is 10.8 Å². The van der Waals surface area contributed by atoms with Crippen molar-refractivity contribution in [1.29, 1.82) is 0 Å². The van der Waals surface area contributed by atoms with Crippen LogP contribution in [-0.2, 0) is 0 Å². The fourth-order valence-corrected chi connectivity index (χ4v) is 2.70. The van der Waals surface area contributed by atoms with Gasteiger partial charge in [-0.1, -0.05) is 6.07 Å². The summed E-state index contributed by atoms with van der Waals surface area (Å²) in [4.78, 5) is 4.46. The number of ether oxygens (including phenoxy) is 2. The van der Waals surface area contributed by atoms with Crippen LogP contribution in [0.1, 0.15) is 5.56 Å². The van der Waals surface area contributed by atoms with Crippen LogP contribution in [0.2, 0.25) is 0 Å². The highest BCUT2D eigenvalue weighted by atomic mass is 16.7. The first-order chi connectivity index (χ1) is 10.7. The maximum absolute atomic E-state index is 6.07. The largest absolute Gasteiger partial charge is 0.454 e. The highest BCUT2D eigenvalue weighted by Gasteiger charge is 2.14. The van der Waals surface area contributed by atoms with Gasteiger partial charge in [-0.05, 0) is 36.8 Å². The molecule has 2 heterocycles. The lowest BCUT2D eigenvalue weighted by Crippen LogP contribution is -1.98. The molecule has 5 heteroatoms. The molecule has 1 aromatic heterocycles. The molecule has 110 valence electrons. The number of aromatic nitrogens is 1. The van der Waals surface area contributed by atoms with Gasteiger partial charge in [-0.2, -0.15) is 0 Å². The van der Waals surface area contributed by atoms with Crippen LogP contribution in [-0.4, -0.2) is 11.8 Å². The Labute approximate surface area is 127 Å². The molecule has 0 spiro atoms. The highest BCUT2D eigenvalue weighted by Crippen LogP contribution is 2.36. The van der Waals surface area contributed by atoms with E-state index in [2.05, 4.69) is 10.3 Å². The van der Waals surface area contributed by atoms with Crippen molar-refractivity contribution in [3.8, 4) is 11.5 Å². The standard InChI is InChI=1S/C17H15N3O2/c1-10-2-4-13(18)12-6-7-19-17(16(10)12)20-11-3-5-14-15(8-11)22-9-21-14/h2-8H,9,18H2,1H3,(H,19,20). The van der Waals surface area contributed by atoms with Crippen molar-refractivity contribution in [3.63, 3.8) is 0 Å². The minimum atomic E-state index is 0.265. The maximum atomic E-state index is 6.07. The van der Waals surface area contributed by atoms with Crippen molar-refractivity contribution in [3.05, 3.63) is 48.2 Å². The summed E-state index contributed by atoms with van der Waals surface area (Å²) in [6.07, 6.45) is 1.76. The predicted molar refractivity (Wildman–Crippen MR) is 86.7 cm³/mol. The maximum Gasteiger partial charge on any atom is 0.231 e. The number of hydrogen-bond acceptors (Lipinski definition) is 5. The Hall–Kier alpha value is -2.95. The molecule has 3 aromatic rings. The van der Waals surface area contributed by atoms with Crippen LogP contribution in [0.3, 0.4) is 0 Å². The van der Waals surface area contributed by atoms with Gasteiger partial charge in [0, 0.05) is 34.4 Å². The van der Waals surface area contributed by atoms with Gasteiger partial charge in [-0.25, -0.2) is 4.98 Å². The molecule has 1 aliphatic rings. The number of nitrogen functional groups attached to an aromatic ring is 1. The lowest BCUT2D eigenvalue weighted by Gasteiger charge is -2.12. The Morgan fingerprint density at radius 1 is 1.09 bits per heavy atom. The van der Waals surface area contributed by atoms with E-state index in [9.17, 15) is 0 Å². The lowest BCUT2D eigenvalue weighted by molar-refractivity contribution is 0.174. The normalized spacial score (nSPS) is 12.6. The fraction of sp³-hybridized carbons (Fsp3) is 0.118. The zero-order valence-corrected chi connectivity index (χ0v) is 12.1. The minimum absolute atomic E-state index is 0.265. The van der Waals surface area contributed by atoms with E-state index in [1.165, 1.54) is 0 Å². The molecule has 22 heavy (non-hydrogen) atoms. The predicted octanol–water partition coefficient (Wildman–Crippen LogP) is 3.60. The number of aryl methyl sites for hydroxylation is 1. The number of nitrogens with two attached hydrogens (primary N) is 1. The first-order valence-corrected chi connectivity index (χ1v) is 7.03. The van der Waals surface area contributed by atoms with Gasteiger partial charge in [0.05, 0.1) is 0 Å². The number of benzene rings is 2. The molecule has 0 fully saturated rings. The van der Waals surface area contributed by atoms with E-state index in [0.29, 0.717) is 0 Å². The van der Waals surface area contributed by atoms with E-state index in [1.807, 2.05) is 43.3 Å². The molecule has 0 radical (unpaired) electrons. The monoisotopic (exact) mass is 293 g/mol. The third-order valence-corrected chi connectivity index (χ3v) is 3.80. The first-order valence-electron chi connectivity index (χ1n) is 7.03. The number of fused-ring (bicyclic) bond motifs is 2. The van der Waals surface area contributed by atoms with Crippen molar-refractivity contribution in [1.82, 2.24) is 4.98 Å². The Morgan fingerprint density at radius 3 is 2.86 bits per heavy atom. The second-order valence-electron chi connectivity index (χ2n) is 5.25. The average molecular weight is 293 g/mol. The smallest absolute Gasteiger partial charge is 0.231 e. The quantitative estimate of drug-likeness (QED) is 0.706. The zero-order chi connectivity index (χ0) is 15.1. The first kappa shape index (κ1) is 12.8. The van der Waals surface area contributed by atoms with E-state index in [1.54, 1.807) is 6.20 Å². The number of pyridine rings is 1. The average Bonchev–Trinajstić information content (AvgIpc) is 2.99. The Morgan fingerprint density at radius 2 is 1.95 bits per heavy atom. The van der Waals surface area contributed by atoms with Gasteiger partial charge in [-0.3, -0.25) is 0 Å². The Bertz CT molecular complexity index is 877. The van der Waals surface area contributed by atoms with Crippen LogP contribution in [0.4, 0.5) is 17.2 Å². The number of nitrogens with one attached hydrogen (secondary N) is 1. The van der Waals surface area contributed by atoms with Crippen molar-refractivity contribution in [2.45, 2.75) is 6.92 Å². The summed E-state index contributed by atoms with van der Waals surface area (Å²) in [7, 11) is 0. The molecule has 0 amide bonds. The van der Waals surface area contributed by atoms with Gasteiger partial charge in [0.15, 0.2) is 11.5 Å². The van der Waals surface area contributed by atoms with Crippen LogP contribution in [0, 0.1) is 6.92 Å². The van der Waals surface area contributed by atoms with Crippen LogP contribution in [0.5, 0.6) is 11.5 Å². The van der Waals surface area contributed by atoms with E-state index in [4.69, 9.17) is 15.2 Å². The number of rotatable bonds is 2. The second-order valence-corrected chi connectivity index (χ2v) is 5.25. The van der Waals surface area contributed by atoms with E-state index in [-0.39, 0.29) is 6.79 Å². The molecule has 5 nitrogen and oxygen atoms in total. The summed E-state index contributed by atoms with van der Waals surface area (Å²) >= 11 is 0. The van der Waals surface area contributed by atoms with Gasteiger partial charge in [-0.15, -0.1) is 0 Å². The van der Waals surface area contributed by atoms with Gasteiger partial charge >= 0.3 is 0 Å². The SMILES string of the molecule is Cc1ccc(N)c2ccnc(Nc3ccc4c(c3)OCO4)c12. The number of hydrogen-bond donors (Lipinski definition) is 2. The summed E-state index contributed by atoms with van der Waals surface area (Å²) in [6, 6.07) is 11.6. The molecule has 3 N–H and O–H groups in total. The summed E-state index contributed by atoms with van der Waals surface area (Å²) in [5, 5.41) is 5.37. The van der Waals surface area contributed by atoms with Gasteiger partial charge in [0.1, 0.15) is 5.82 Å². The van der Waals surface area contributed by atoms with Gasteiger partial charge in [0.25, 0.3) is 0 Å². The zero-order valence-electron chi connectivity index (χ0n) is 12.1. The Balaban J connectivity index is 1.80. The molecule has 0 saturated heterocycles. The third-order valence-electron chi connectivity index (χ3n) is 3.80. The summed E-state index contributed by atoms with van der Waals surface area (Å²) in [5.41, 5.74) is 8.84. The van der Waals surface area contributed by atoms with Crippen molar-refractivity contribution < 1.29 is 9.47 Å². The molecule has 0 aliphatic carbocycles. The summed E-state index contributed by atoms with van der Waals surface area (Å²) in [6.45, 7) is 2.31. The number of nitrogens with zero attached hydrogens (tertiary/aromatic N) is 1. The molecule has 1 aliphatic heterocycles. The molecule has 0 unspecified atom stereocenters. The summed E-state index contributed by atoms with van der Waals surface area (Å²) < 4.78 is 10.7. The van der Waals surface area contributed by atoms with E-state index in [0.717, 1.165) is 45.0 Å². The van der Waals surface area contributed by atoms with Crippen LogP contribution in [0.15, 0.2) is 42.6 Å². The Kier molecular flexibility index (Phi) is 2.79. The van der Waals surface area contributed by atoms with Crippen LogP contribution >= 0.6 is 0 Å². The highest BCUT2D eigenvalue weighted by molar-refractivity contribution is 6.02. The number of anilines is 3. The van der Waals surface area contributed by atoms with Gasteiger partial charge < -0.3 is 20.5 Å². The van der Waals surface area contributed by atoms with Crippen molar-refractivity contribution >= 4 is 28.0 Å².